The molecule has 0 bridgehead atoms. The number of benzene rings is 1. The molecule has 0 amide bonds. The van der Waals surface area contributed by atoms with Crippen molar-refractivity contribution >= 4 is 5.69 Å². The summed E-state index contributed by atoms with van der Waals surface area (Å²) in [6.45, 7) is -2.60. The highest BCUT2D eigenvalue weighted by Gasteiger charge is 2.14. The van der Waals surface area contributed by atoms with E-state index in [0.29, 0.717) is 0 Å². The van der Waals surface area contributed by atoms with Gasteiger partial charge >= 0.3 is 5.69 Å². The molecule has 1 aromatic rings. The molecule has 0 aliphatic heterocycles. The quantitative estimate of drug-likeness (QED) is 0.565. The van der Waals surface area contributed by atoms with Crippen LogP contribution in [-0.4, -0.2) is 17.1 Å². The molecule has 0 aliphatic rings. The third-order valence-electron chi connectivity index (χ3n) is 1.50. The van der Waals surface area contributed by atoms with E-state index in [0.717, 1.165) is 6.07 Å². The van der Waals surface area contributed by atoms with Crippen molar-refractivity contribution in [1.29, 1.82) is 0 Å². The number of ether oxygens (including phenoxy) is 1. The van der Waals surface area contributed by atoms with Gasteiger partial charge in [-0.15, -0.1) is 0 Å². The second-order valence-electron chi connectivity index (χ2n) is 2.26. The van der Waals surface area contributed by atoms with Crippen molar-refractivity contribution in [2.24, 2.45) is 0 Å². The van der Waals surface area contributed by atoms with Gasteiger partial charge in [0.25, 0.3) is 0 Å². The maximum Gasteiger partial charge on any atom is 0.311 e. The lowest BCUT2D eigenvalue weighted by molar-refractivity contribution is -0.385. The van der Waals surface area contributed by atoms with E-state index < -0.39 is 11.5 Å². The van der Waals surface area contributed by atoms with E-state index in [1.807, 2.05) is 0 Å². The van der Waals surface area contributed by atoms with Gasteiger partial charge in [-0.2, -0.15) is 0 Å². The van der Waals surface area contributed by atoms with Crippen LogP contribution in [0.1, 0.15) is 8.30 Å². The Hall–Kier alpha value is -1.62. The van der Waals surface area contributed by atoms with Gasteiger partial charge in [0.2, 0.25) is 0 Å². The fourth-order valence-corrected chi connectivity index (χ4v) is 0.902. The monoisotopic (exact) mass is 185 g/mol. The number of hydrogen-bond acceptors (Lipinski definition) is 4. The van der Waals surface area contributed by atoms with Gasteiger partial charge in [0.05, 0.1) is 21.3 Å². The number of hydrogen-bond donors (Lipinski definition) is 1. The Bertz CT molecular complexity index is 389. The fraction of sp³-hybridized carbons (Fsp3) is 0.250. The molecule has 0 aromatic heterocycles. The largest absolute Gasteiger partial charge is 0.490 e. The molecular formula is C8H9NO4. The van der Waals surface area contributed by atoms with Gasteiger partial charge in [0, 0.05) is 6.07 Å². The Morgan fingerprint density at radius 3 is 2.92 bits per heavy atom. The Morgan fingerprint density at radius 2 is 2.46 bits per heavy atom. The summed E-state index contributed by atoms with van der Waals surface area (Å²) in [6.07, 6.45) is 0. The second kappa shape index (κ2) is 3.86. The summed E-state index contributed by atoms with van der Waals surface area (Å²) < 4.78 is 18.7. The summed E-state index contributed by atoms with van der Waals surface area (Å²) in [5, 5.41) is 19.6. The standard InChI is InChI=1S/C8H9NO4/c1-13-8-3-2-6(5-10)4-7(8)9(11)12/h2-4,10H,5H2,1H3/i5D2. The van der Waals surface area contributed by atoms with Gasteiger partial charge in [-0.05, 0) is 11.6 Å². The molecule has 0 saturated carbocycles. The molecule has 70 valence electrons. The van der Waals surface area contributed by atoms with Crippen molar-refractivity contribution in [2.45, 2.75) is 6.56 Å². The zero-order valence-corrected chi connectivity index (χ0v) is 6.85. The number of methoxy groups -OCH3 is 1. The first-order chi connectivity index (χ1) is 6.86. The normalized spacial score (nSPS) is 13.1. The zero-order chi connectivity index (χ0) is 11.6. The number of nitro groups is 1. The van der Waals surface area contributed by atoms with Gasteiger partial charge in [0.15, 0.2) is 5.75 Å². The molecule has 0 saturated heterocycles. The van der Waals surface area contributed by atoms with Crippen molar-refractivity contribution < 1.29 is 17.5 Å². The minimum atomic E-state index is -2.60. The highest BCUT2D eigenvalue weighted by atomic mass is 16.6. The van der Waals surface area contributed by atoms with Gasteiger partial charge in [-0.3, -0.25) is 10.1 Å². The molecule has 5 heteroatoms. The highest BCUT2D eigenvalue weighted by molar-refractivity contribution is 5.48. The van der Waals surface area contributed by atoms with Crippen molar-refractivity contribution in [3.8, 4) is 5.75 Å². The molecule has 0 atom stereocenters. The first-order valence-electron chi connectivity index (χ1n) is 4.41. The molecule has 1 rings (SSSR count). The van der Waals surface area contributed by atoms with E-state index in [9.17, 15) is 10.1 Å². The summed E-state index contributed by atoms with van der Waals surface area (Å²) in [5.41, 5.74) is -0.567. The van der Waals surface area contributed by atoms with Crippen molar-refractivity contribution in [3.05, 3.63) is 33.9 Å². The zero-order valence-electron chi connectivity index (χ0n) is 8.85. The maximum atomic E-state index is 10.6. The molecule has 13 heavy (non-hydrogen) atoms. The van der Waals surface area contributed by atoms with Crippen LogP contribution in [0.15, 0.2) is 18.2 Å². The number of nitro benzene ring substituents is 1. The number of aliphatic hydroxyl groups is 1. The summed E-state index contributed by atoms with van der Waals surface area (Å²) >= 11 is 0. The smallest absolute Gasteiger partial charge is 0.311 e. The van der Waals surface area contributed by atoms with Crippen LogP contribution in [0.4, 0.5) is 5.69 Å². The highest BCUT2D eigenvalue weighted by Crippen LogP contribution is 2.27. The third kappa shape index (κ3) is 1.94. The van der Waals surface area contributed by atoms with Crippen LogP contribution in [0, 0.1) is 10.1 Å². The lowest BCUT2D eigenvalue weighted by atomic mass is 10.2. The van der Waals surface area contributed by atoms with Crippen molar-refractivity contribution in [2.75, 3.05) is 7.11 Å². The molecule has 0 unspecified atom stereocenters. The van der Waals surface area contributed by atoms with E-state index in [1.54, 1.807) is 0 Å². The molecule has 0 radical (unpaired) electrons. The van der Waals surface area contributed by atoms with Crippen LogP contribution in [0.5, 0.6) is 5.75 Å². The van der Waals surface area contributed by atoms with E-state index in [4.69, 9.17) is 12.6 Å². The molecule has 0 spiro atoms. The van der Waals surface area contributed by atoms with Crippen molar-refractivity contribution in [1.82, 2.24) is 0 Å². The Morgan fingerprint density at radius 1 is 1.77 bits per heavy atom. The topological polar surface area (TPSA) is 72.6 Å². The van der Waals surface area contributed by atoms with Gasteiger partial charge in [-0.1, -0.05) is 6.07 Å². The second-order valence-corrected chi connectivity index (χ2v) is 2.26. The van der Waals surface area contributed by atoms with Gasteiger partial charge in [-0.25, -0.2) is 0 Å². The Labute approximate surface area is 77.5 Å². The Kier molecular flexibility index (Phi) is 2.03. The summed E-state index contributed by atoms with van der Waals surface area (Å²) in [4.78, 5) is 9.88. The molecule has 0 fully saturated rings. The van der Waals surface area contributed by atoms with Crippen LogP contribution in [0.25, 0.3) is 0 Å². The van der Waals surface area contributed by atoms with Crippen LogP contribution >= 0.6 is 0 Å². The molecule has 1 aromatic carbocycles. The molecule has 1 N–H and O–H groups in total. The van der Waals surface area contributed by atoms with Crippen LogP contribution in [0.2, 0.25) is 0 Å². The van der Waals surface area contributed by atoms with Crippen LogP contribution < -0.4 is 4.74 Å². The van der Waals surface area contributed by atoms with Gasteiger partial charge in [0.1, 0.15) is 0 Å². The first-order valence-corrected chi connectivity index (χ1v) is 3.41. The van der Waals surface area contributed by atoms with Crippen LogP contribution in [-0.2, 0) is 6.56 Å². The fourth-order valence-electron chi connectivity index (χ4n) is 0.902. The predicted octanol–water partition coefficient (Wildman–Crippen LogP) is 1.10. The predicted molar refractivity (Wildman–Crippen MR) is 45.6 cm³/mol. The lowest BCUT2D eigenvalue weighted by Gasteiger charge is -2.02. The number of nitrogens with zero attached hydrogens (tertiary/aromatic N) is 1. The lowest BCUT2D eigenvalue weighted by Crippen LogP contribution is -1.95. The van der Waals surface area contributed by atoms with Crippen LogP contribution in [0.3, 0.4) is 0 Å². The summed E-state index contributed by atoms with van der Waals surface area (Å²) in [7, 11) is 1.27. The summed E-state index contributed by atoms with van der Waals surface area (Å²) in [5.74, 6) is 0.0213. The minimum Gasteiger partial charge on any atom is -0.490 e. The molecular weight excluding hydrogens is 174 g/mol. The van der Waals surface area contributed by atoms with E-state index >= 15 is 0 Å². The average Bonchev–Trinajstić information content (AvgIpc) is 2.15. The Balaban J connectivity index is 3.28. The van der Waals surface area contributed by atoms with Crippen molar-refractivity contribution in [3.63, 3.8) is 0 Å². The summed E-state index contributed by atoms with van der Waals surface area (Å²) in [6, 6.07) is 3.41. The van der Waals surface area contributed by atoms with E-state index in [2.05, 4.69) is 0 Å². The van der Waals surface area contributed by atoms with E-state index in [1.165, 1.54) is 19.2 Å². The minimum absolute atomic E-state index is 0.0213. The maximum absolute atomic E-state index is 10.6. The third-order valence-corrected chi connectivity index (χ3v) is 1.50. The SMILES string of the molecule is [2H]C([2H])(O)c1ccc(OC)c([N+](=O)[O-])c1. The average molecular weight is 185 g/mol. The molecule has 0 heterocycles. The van der Waals surface area contributed by atoms with Gasteiger partial charge < -0.3 is 9.84 Å². The van der Waals surface area contributed by atoms with E-state index in [-0.39, 0.29) is 17.0 Å². The first kappa shape index (κ1) is 6.85. The molecule has 5 nitrogen and oxygen atoms in total. The molecule has 0 aliphatic carbocycles. The number of rotatable bonds is 3.